The van der Waals surface area contributed by atoms with Crippen LogP contribution in [-0.2, 0) is 0 Å². The molecule has 2 rings (SSSR count). The van der Waals surface area contributed by atoms with Gasteiger partial charge >= 0.3 is 6.03 Å². The van der Waals surface area contributed by atoms with Crippen molar-refractivity contribution in [3.05, 3.63) is 59.7 Å². The summed E-state index contributed by atoms with van der Waals surface area (Å²) < 4.78 is 5.62. The molecule has 0 fully saturated rings. The average Bonchev–Trinajstić information content (AvgIpc) is 2.56. The normalized spacial score (nSPS) is 10.5. The number of hydrogen-bond acceptors (Lipinski definition) is 2. The third-order valence-electron chi connectivity index (χ3n) is 3.73. The van der Waals surface area contributed by atoms with Crippen molar-refractivity contribution in [2.24, 2.45) is 0 Å². The minimum Gasteiger partial charge on any atom is -0.494 e. The van der Waals surface area contributed by atoms with Gasteiger partial charge in [-0.1, -0.05) is 43.7 Å². The zero-order valence-electron chi connectivity index (χ0n) is 14.6. The summed E-state index contributed by atoms with van der Waals surface area (Å²) in [6.07, 6.45) is 0.758. The Kier molecular flexibility index (Phi) is 6.67. The van der Waals surface area contributed by atoms with E-state index >= 15 is 0 Å². The lowest BCUT2D eigenvalue weighted by Crippen LogP contribution is -2.30. The minimum atomic E-state index is -0.192. The highest BCUT2D eigenvalue weighted by Gasteiger charge is 2.03. The van der Waals surface area contributed by atoms with Crippen molar-refractivity contribution < 1.29 is 9.53 Å². The Bertz CT molecular complexity index is 634. The van der Waals surface area contributed by atoms with Gasteiger partial charge in [0.2, 0.25) is 0 Å². The molecule has 2 amide bonds. The van der Waals surface area contributed by atoms with E-state index in [1.807, 2.05) is 55.5 Å². The molecule has 0 aliphatic carbocycles. The quantitative estimate of drug-likeness (QED) is 0.724. The maximum atomic E-state index is 11.8. The van der Waals surface area contributed by atoms with Crippen LogP contribution in [0, 0.1) is 6.92 Å². The standard InChI is InChI=1S/C20H26N2O2/c1-15(2)17-7-9-18(10-8-17)22-20(23)21-13-4-14-24-19-11-5-16(3)6-12-19/h5-12,15H,4,13-14H2,1-3H3,(H2,21,22,23). The van der Waals surface area contributed by atoms with Gasteiger partial charge in [0.05, 0.1) is 6.61 Å². The molecular formula is C20H26N2O2. The predicted octanol–water partition coefficient (Wildman–Crippen LogP) is 4.71. The van der Waals surface area contributed by atoms with E-state index in [9.17, 15) is 4.79 Å². The smallest absolute Gasteiger partial charge is 0.319 e. The van der Waals surface area contributed by atoms with Crippen LogP contribution >= 0.6 is 0 Å². The van der Waals surface area contributed by atoms with Gasteiger partial charge in [-0.05, 0) is 49.1 Å². The highest BCUT2D eigenvalue weighted by atomic mass is 16.5. The SMILES string of the molecule is Cc1ccc(OCCCNC(=O)Nc2ccc(C(C)C)cc2)cc1. The van der Waals surface area contributed by atoms with E-state index < -0.39 is 0 Å². The van der Waals surface area contributed by atoms with Crippen molar-refractivity contribution in [3.8, 4) is 5.75 Å². The topological polar surface area (TPSA) is 50.4 Å². The number of ether oxygens (including phenoxy) is 1. The molecule has 0 aliphatic rings. The van der Waals surface area contributed by atoms with Crippen LogP contribution in [0.2, 0.25) is 0 Å². The number of nitrogens with one attached hydrogen (secondary N) is 2. The second-order valence-corrected chi connectivity index (χ2v) is 6.17. The first kappa shape index (κ1) is 17.9. The highest BCUT2D eigenvalue weighted by Crippen LogP contribution is 2.17. The Morgan fingerprint density at radius 1 is 1.04 bits per heavy atom. The number of carbonyl (C=O) groups is 1. The van der Waals surface area contributed by atoms with Crippen LogP contribution in [0.5, 0.6) is 5.75 Å². The van der Waals surface area contributed by atoms with Gasteiger partial charge in [-0.15, -0.1) is 0 Å². The van der Waals surface area contributed by atoms with Crippen molar-refractivity contribution in [1.82, 2.24) is 5.32 Å². The van der Waals surface area contributed by atoms with Gasteiger partial charge in [0.1, 0.15) is 5.75 Å². The van der Waals surface area contributed by atoms with Gasteiger partial charge in [-0.2, -0.15) is 0 Å². The molecule has 0 saturated carbocycles. The van der Waals surface area contributed by atoms with Gasteiger partial charge in [-0.25, -0.2) is 4.79 Å². The summed E-state index contributed by atoms with van der Waals surface area (Å²) in [4.78, 5) is 11.8. The molecule has 2 N–H and O–H groups in total. The third-order valence-corrected chi connectivity index (χ3v) is 3.73. The molecule has 2 aromatic rings. The molecule has 0 unspecified atom stereocenters. The number of amides is 2. The summed E-state index contributed by atoms with van der Waals surface area (Å²) in [6, 6.07) is 15.7. The van der Waals surface area contributed by atoms with Crippen molar-refractivity contribution >= 4 is 11.7 Å². The van der Waals surface area contributed by atoms with Crippen LogP contribution in [0.15, 0.2) is 48.5 Å². The molecule has 0 saturated heterocycles. The molecule has 0 aromatic heterocycles. The maximum absolute atomic E-state index is 11.8. The Morgan fingerprint density at radius 3 is 2.33 bits per heavy atom. The van der Waals surface area contributed by atoms with Gasteiger partial charge in [0.15, 0.2) is 0 Å². The van der Waals surface area contributed by atoms with Crippen LogP contribution in [0.1, 0.15) is 37.3 Å². The highest BCUT2D eigenvalue weighted by molar-refractivity contribution is 5.89. The predicted molar refractivity (Wildman–Crippen MR) is 98.8 cm³/mol. The number of carbonyl (C=O) groups excluding carboxylic acids is 1. The van der Waals surface area contributed by atoms with Crippen LogP contribution in [0.4, 0.5) is 10.5 Å². The molecule has 24 heavy (non-hydrogen) atoms. The first-order valence-electron chi connectivity index (χ1n) is 8.39. The number of hydrogen-bond donors (Lipinski definition) is 2. The van der Waals surface area contributed by atoms with E-state index in [0.717, 1.165) is 17.9 Å². The summed E-state index contributed by atoms with van der Waals surface area (Å²) in [6.45, 7) is 7.48. The summed E-state index contributed by atoms with van der Waals surface area (Å²) in [5, 5.41) is 5.67. The summed E-state index contributed by atoms with van der Waals surface area (Å²) in [7, 11) is 0. The lowest BCUT2D eigenvalue weighted by atomic mass is 10.0. The molecule has 128 valence electrons. The first-order valence-corrected chi connectivity index (χ1v) is 8.39. The van der Waals surface area contributed by atoms with E-state index in [1.165, 1.54) is 11.1 Å². The number of benzene rings is 2. The fourth-order valence-electron chi connectivity index (χ4n) is 2.23. The van der Waals surface area contributed by atoms with Crippen LogP contribution in [0.25, 0.3) is 0 Å². The van der Waals surface area contributed by atoms with E-state index in [0.29, 0.717) is 19.1 Å². The molecule has 0 heterocycles. The molecule has 0 atom stereocenters. The van der Waals surface area contributed by atoms with E-state index in [-0.39, 0.29) is 6.03 Å². The molecule has 4 heteroatoms. The Balaban J connectivity index is 1.63. The Labute approximate surface area is 144 Å². The fraction of sp³-hybridized carbons (Fsp3) is 0.350. The molecule has 0 bridgehead atoms. The number of rotatable bonds is 7. The zero-order chi connectivity index (χ0) is 17.4. The van der Waals surface area contributed by atoms with Gasteiger partial charge in [0, 0.05) is 12.2 Å². The Hall–Kier alpha value is -2.49. The number of aryl methyl sites for hydroxylation is 1. The van der Waals surface area contributed by atoms with Crippen LogP contribution in [-0.4, -0.2) is 19.2 Å². The Morgan fingerprint density at radius 2 is 1.71 bits per heavy atom. The fourth-order valence-corrected chi connectivity index (χ4v) is 2.23. The largest absolute Gasteiger partial charge is 0.494 e. The van der Waals surface area contributed by atoms with E-state index in [4.69, 9.17) is 4.74 Å². The van der Waals surface area contributed by atoms with E-state index in [2.05, 4.69) is 24.5 Å². The molecule has 0 spiro atoms. The molecule has 2 aromatic carbocycles. The molecular weight excluding hydrogens is 300 g/mol. The minimum absolute atomic E-state index is 0.192. The molecule has 0 aliphatic heterocycles. The van der Waals surface area contributed by atoms with Gasteiger partial charge < -0.3 is 15.4 Å². The third kappa shape index (κ3) is 5.95. The molecule has 0 radical (unpaired) electrons. The lowest BCUT2D eigenvalue weighted by molar-refractivity contribution is 0.250. The molecule has 4 nitrogen and oxygen atoms in total. The van der Waals surface area contributed by atoms with Crippen molar-refractivity contribution in [2.75, 3.05) is 18.5 Å². The van der Waals surface area contributed by atoms with Crippen molar-refractivity contribution in [3.63, 3.8) is 0 Å². The van der Waals surface area contributed by atoms with Crippen molar-refractivity contribution in [2.45, 2.75) is 33.1 Å². The number of anilines is 1. The second kappa shape index (κ2) is 8.96. The first-order chi connectivity index (χ1) is 11.5. The van der Waals surface area contributed by atoms with E-state index in [1.54, 1.807) is 0 Å². The van der Waals surface area contributed by atoms with Gasteiger partial charge in [-0.3, -0.25) is 0 Å². The van der Waals surface area contributed by atoms with Crippen LogP contribution < -0.4 is 15.4 Å². The van der Waals surface area contributed by atoms with Crippen molar-refractivity contribution in [1.29, 1.82) is 0 Å². The monoisotopic (exact) mass is 326 g/mol. The zero-order valence-corrected chi connectivity index (χ0v) is 14.6. The summed E-state index contributed by atoms with van der Waals surface area (Å²) in [5.41, 5.74) is 3.27. The van der Waals surface area contributed by atoms with Crippen LogP contribution in [0.3, 0.4) is 0 Å². The van der Waals surface area contributed by atoms with Gasteiger partial charge in [0.25, 0.3) is 0 Å². The summed E-state index contributed by atoms with van der Waals surface area (Å²) in [5.74, 6) is 1.34. The lowest BCUT2D eigenvalue weighted by Gasteiger charge is -2.10. The second-order valence-electron chi connectivity index (χ2n) is 6.17. The average molecular weight is 326 g/mol. The maximum Gasteiger partial charge on any atom is 0.319 e. The number of urea groups is 1. The summed E-state index contributed by atoms with van der Waals surface area (Å²) >= 11 is 0.